The van der Waals surface area contributed by atoms with E-state index in [2.05, 4.69) is 9.71 Å². The SMILES string of the molecule is CN(CCCC(=O)NC1(CN)CCCC1)C1=NS(=O)(=O)c2ccccc21. The van der Waals surface area contributed by atoms with Crippen LogP contribution in [0.4, 0.5) is 0 Å². The zero-order valence-electron chi connectivity index (χ0n) is 15.1. The van der Waals surface area contributed by atoms with Gasteiger partial charge in [-0.15, -0.1) is 4.40 Å². The Hall–Kier alpha value is -1.93. The highest BCUT2D eigenvalue weighted by atomic mass is 32.2. The smallest absolute Gasteiger partial charge is 0.285 e. The third-order valence-corrected chi connectivity index (χ3v) is 6.55. The molecule has 1 amide bonds. The van der Waals surface area contributed by atoms with Crippen LogP contribution < -0.4 is 11.1 Å². The lowest BCUT2D eigenvalue weighted by atomic mass is 9.97. The number of amides is 1. The maximum Gasteiger partial charge on any atom is 0.285 e. The maximum absolute atomic E-state index is 12.3. The maximum atomic E-state index is 12.3. The number of sulfonamides is 1. The van der Waals surface area contributed by atoms with Crippen molar-refractivity contribution in [1.29, 1.82) is 0 Å². The molecule has 3 rings (SSSR count). The summed E-state index contributed by atoms with van der Waals surface area (Å²) in [5.74, 6) is 0.447. The minimum absolute atomic E-state index is 0.00660. The highest BCUT2D eigenvalue weighted by Gasteiger charge is 2.34. The van der Waals surface area contributed by atoms with E-state index in [0.717, 1.165) is 25.7 Å². The van der Waals surface area contributed by atoms with Gasteiger partial charge in [0, 0.05) is 32.1 Å². The molecule has 1 aromatic carbocycles. The van der Waals surface area contributed by atoms with Crippen molar-refractivity contribution in [3.05, 3.63) is 29.8 Å². The molecule has 0 unspecified atom stereocenters. The molecule has 1 saturated carbocycles. The molecule has 0 saturated heterocycles. The third-order valence-electron chi connectivity index (χ3n) is 5.23. The molecule has 0 aromatic heterocycles. The number of amidine groups is 1. The molecule has 0 bridgehead atoms. The van der Waals surface area contributed by atoms with Gasteiger partial charge < -0.3 is 16.0 Å². The first-order valence-corrected chi connectivity index (χ1v) is 10.5. The van der Waals surface area contributed by atoms with E-state index in [0.29, 0.717) is 37.3 Å². The van der Waals surface area contributed by atoms with Gasteiger partial charge in [-0.3, -0.25) is 4.79 Å². The number of nitrogens with zero attached hydrogens (tertiary/aromatic N) is 2. The van der Waals surface area contributed by atoms with Crippen LogP contribution >= 0.6 is 0 Å². The van der Waals surface area contributed by atoms with Crippen molar-refractivity contribution in [3.8, 4) is 0 Å². The topological polar surface area (TPSA) is 105 Å². The van der Waals surface area contributed by atoms with Gasteiger partial charge in [0.25, 0.3) is 10.0 Å². The number of benzene rings is 1. The molecular formula is C18H26N4O3S. The van der Waals surface area contributed by atoms with Crippen LogP contribution in [0.3, 0.4) is 0 Å². The molecule has 1 heterocycles. The number of hydrogen-bond donors (Lipinski definition) is 2. The summed E-state index contributed by atoms with van der Waals surface area (Å²) in [7, 11) is -1.82. The molecular weight excluding hydrogens is 352 g/mol. The predicted octanol–water partition coefficient (Wildman–Crippen LogP) is 1.24. The summed E-state index contributed by atoms with van der Waals surface area (Å²) < 4.78 is 28.1. The molecule has 26 heavy (non-hydrogen) atoms. The summed E-state index contributed by atoms with van der Waals surface area (Å²) in [6.45, 7) is 1.02. The van der Waals surface area contributed by atoms with Crippen LogP contribution in [0.1, 0.15) is 44.1 Å². The van der Waals surface area contributed by atoms with Crippen molar-refractivity contribution in [3.63, 3.8) is 0 Å². The van der Waals surface area contributed by atoms with Crippen LogP contribution in [0.2, 0.25) is 0 Å². The Kier molecular flexibility index (Phi) is 5.34. The first-order chi connectivity index (χ1) is 12.4. The molecule has 2 aliphatic rings. The molecule has 8 heteroatoms. The number of rotatable bonds is 6. The van der Waals surface area contributed by atoms with Crippen molar-refractivity contribution in [2.45, 2.75) is 49.0 Å². The molecule has 3 N–H and O–H groups in total. The van der Waals surface area contributed by atoms with Gasteiger partial charge in [0.05, 0.1) is 5.54 Å². The highest BCUT2D eigenvalue weighted by Crippen LogP contribution is 2.29. The minimum Gasteiger partial charge on any atom is -0.358 e. The average molecular weight is 378 g/mol. The molecule has 0 atom stereocenters. The first-order valence-electron chi connectivity index (χ1n) is 9.03. The fourth-order valence-electron chi connectivity index (χ4n) is 3.74. The number of nitrogens with two attached hydrogens (primary N) is 1. The quantitative estimate of drug-likeness (QED) is 0.775. The Morgan fingerprint density at radius 1 is 1.31 bits per heavy atom. The van der Waals surface area contributed by atoms with Crippen molar-refractivity contribution < 1.29 is 13.2 Å². The van der Waals surface area contributed by atoms with E-state index in [1.807, 2.05) is 0 Å². The average Bonchev–Trinajstić information content (AvgIpc) is 3.18. The van der Waals surface area contributed by atoms with Gasteiger partial charge in [-0.05, 0) is 31.4 Å². The normalized spacial score (nSPS) is 19.7. The molecule has 1 aliphatic heterocycles. The Balaban J connectivity index is 1.55. The van der Waals surface area contributed by atoms with Gasteiger partial charge in [-0.1, -0.05) is 25.0 Å². The summed E-state index contributed by atoms with van der Waals surface area (Å²) in [5, 5.41) is 3.11. The second-order valence-electron chi connectivity index (χ2n) is 7.15. The van der Waals surface area contributed by atoms with Crippen molar-refractivity contribution in [2.75, 3.05) is 20.1 Å². The Morgan fingerprint density at radius 2 is 2.00 bits per heavy atom. The summed E-state index contributed by atoms with van der Waals surface area (Å²) in [5.41, 5.74) is 6.24. The van der Waals surface area contributed by atoms with E-state index >= 15 is 0 Å². The number of carbonyl (C=O) groups excluding carboxylic acids is 1. The van der Waals surface area contributed by atoms with Crippen LogP contribution in [0.15, 0.2) is 33.6 Å². The van der Waals surface area contributed by atoms with Crippen LogP contribution in [0.5, 0.6) is 0 Å². The molecule has 1 aromatic rings. The summed E-state index contributed by atoms with van der Waals surface area (Å²) in [6, 6.07) is 6.81. The van der Waals surface area contributed by atoms with E-state index in [-0.39, 0.29) is 16.3 Å². The number of fused-ring (bicyclic) bond motifs is 1. The molecule has 0 spiro atoms. The van der Waals surface area contributed by atoms with Gasteiger partial charge in [0.1, 0.15) is 10.7 Å². The van der Waals surface area contributed by atoms with Gasteiger partial charge in [0.2, 0.25) is 5.91 Å². The van der Waals surface area contributed by atoms with Gasteiger partial charge in [0.15, 0.2) is 0 Å². The molecule has 142 valence electrons. The third kappa shape index (κ3) is 3.76. The summed E-state index contributed by atoms with van der Waals surface area (Å²) in [4.78, 5) is 14.3. The molecule has 1 aliphatic carbocycles. The van der Waals surface area contributed by atoms with Crippen molar-refractivity contribution in [1.82, 2.24) is 10.2 Å². The monoisotopic (exact) mass is 378 g/mol. The summed E-state index contributed by atoms with van der Waals surface area (Å²) in [6.07, 6.45) is 5.10. The minimum atomic E-state index is -3.62. The Bertz CT molecular complexity index is 813. The van der Waals surface area contributed by atoms with Gasteiger partial charge in [-0.25, -0.2) is 0 Å². The number of carbonyl (C=O) groups is 1. The van der Waals surface area contributed by atoms with E-state index in [1.165, 1.54) is 0 Å². The standard InChI is InChI=1S/C18H26N4O3S/c1-22(17-14-7-2-3-8-15(14)26(24,25)21-17)12-6-9-16(23)20-18(13-19)10-4-5-11-18/h2-3,7-8H,4-6,9-13,19H2,1H3,(H,20,23). The summed E-state index contributed by atoms with van der Waals surface area (Å²) >= 11 is 0. The lowest BCUT2D eigenvalue weighted by molar-refractivity contribution is -0.123. The van der Waals surface area contributed by atoms with Crippen LogP contribution in [-0.2, 0) is 14.8 Å². The molecule has 1 fully saturated rings. The van der Waals surface area contributed by atoms with E-state index in [9.17, 15) is 13.2 Å². The van der Waals surface area contributed by atoms with Gasteiger partial charge >= 0.3 is 0 Å². The zero-order valence-corrected chi connectivity index (χ0v) is 15.9. The zero-order chi connectivity index (χ0) is 18.8. The van der Waals surface area contributed by atoms with Crippen LogP contribution in [0.25, 0.3) is 0 Å². The van der Waals surface area contributed by atoms with Crippen molar-refractivity contribution in [2.24, 2.45) is 10.1 Å². The second kappa shape index (κ2) is 7.36. The van der Waals surface area contributed by atoms with E-state index in [1.54, 1.807) is 36.2 Å². The predicted molar refractivity (Wildman–Crippen MR) is 100 cm³/mol. The number of nitrogens with one attached hydrogen (secondary N) is 1. The lowest BCUT2D eigenvalue weighted by Gasteiger charge is -2.29. The Morgan fingerprint density at radius 3 is 2.69 bits per heavy atom. The van der Waals surface area contributed by atoms with Crippen molar-refractivity contribution >= 4 is 21.8 Å². The van der Waals surface area contributed by atoms with Crippen LogP contribution in [-0.4, -0.2) is 50.7 Å². The molecule has 7 nitrogen and oxygen atoms in total. The Labute approximate surface area is 154 Å². The molecule has 0 radical (unpaired) electrons. The fraction of sp³-hybridized carbons (Fsp3) is 0.556. The first kappa shape index (κ1) is 18.8. The number of hydrogen-bond acceptors (Lipinski definition) is 5. The second-order valence-corrected chi connectivity index (χ2v) is 8.72. The van der Waals surface area contributed by atoms with Crippen LogP contribution in [0, 0.1) is 0 Å². The van der Waals surface area contributed by atoms with Gasteiger partial charge in [-0.2, -0.15) is 8.42 Å². The van der Waals surface area contributed by atoms with E-state index in [4.69, 9.17) is 5.73 Å². The van der Waals surface area contributed by atoms with E-state index < -0.39 is 10.0 Å². The largest absolute Gasteiger partial charge is 0.358 e. The highest BCUT2D eigenvalue weighted by molar-refractivity contribution is 7.90. The fourth-order valence-corrected chi connectivity index (χ4v) is 4.99. The lowest BCUT2D eigenvalue weighted by Crippen LogP contribution is -2.51.